The number of nitro groups is 1. The second-order valence-electron chi connectivity index (χ2n) is 6.13. The van der Waals surface area contributed by atoms with Crippen LogP contribution in [0.3, 0.4) is 0 Å². The molecule has 0 unspecified atom stereocenters. The third kappa shape index (κ3) is 5.34. The van der Waals surface area contributed by atoms with E-state index in [1.807, 2.05) is 23.5 Å². The van der Waals surface area contributed by atoms with Gasteiger partial charge in [0.1, 0.15) is 16.8 Å². The van der Waals surface area contributed by atoms with E-state index in [2.05, 4.69) is 29.8 Å². The van der Waals surface area contributed by atoms with Crippen molar-refractivity contribution in [1.82, 2.24) is 4.90 Å². The Hall–Kier alpha value is -0.970. The molecule has 1 atom stereocenters. The Balaban J connectivity index is 2.41. The lowest BCUT2D eigenvalue weighted by molar-refractivity contribution is -0.385. The number of likely N-dealkylation sites (tertiary alicyclic amines) is 1. The highest BCUT2D eigenvalue weighted by atomic mass is 79.9. The fourth-order valence-electron chi connectivity index (χ4n) is 3.33. The summed E-state index contributed by atoms with van der Waals surface area (Å²) in [7, 11) is 0. The number of hydrogen-bond donors (Lipinski definition) is 1. The number of alkyl halides is 1. The zero-order valence-corrected chi connectivity index (χ0v) is 19.1. The van der Waals surface area contributed by atoms with Crippen LogP contribution in [0, 0.1) is 10.1 Å². The summed E-state index contributed by atoms with van der Waals surface area (Å²) < 4.78 is 5.57. The molecule has 28 heavy (non-hydrogen) atoms. The van der Waals surface area contributed by atoms with Gasteiger partial charge in [0.2, 0.25) is 0 Å². The molecule has 10 heteroatoms. The van der Waals surface area contributed by atoms with Crippen molar-refractivity contribution in [3.8, 4) is 5.75 Å². The summed E-state index contributed by atoms with van der Waals surface area (Å²) in [5.41, 5.74) is 0.186. The molecule has 0 radical (unpaired) electrons. The number of thioether (sulfide) groups is 2. The summed E-state index contributed by atoms with van der Waals surface area (Å²) in [4.78, 5) is 26.1. The number of hydrogen-bond acceptors (Lipinski definition) is 7. The van der Waals surface area contributed by atoms with Crippen molar-refractivity contribution in [3.05, 3.63) is 33.4 Å². The van der Waals surface area contributed by atoms with Crippen LogP contribution in [0.5, 0.6) is 5.75 Å². The minimum Gasteiger partial charge on any atom is -0.482 e. The number of halogens is 1. The minimum absolute atomic E-state index is 0.00428. The van der Waals surface area contributed by atoms with Crippen molar-refractivity contribution in [2.24, 2.45) is 0 Å². The van der Waals surface area contributed by atoms with E-state index in [-0.39, 0.29) is 45.7 Å². The van der Waals surface area contributed by atoms with Gasteiger partial charge < -0.3 is 14.7 Å². The molecular weight excluding hydrogens is 468 g/mol. The molecule has 1 saturated heterocycles. The second kappa shape index (κ2) is 11.3. The molecule has 1 fully saturated rings. The van der Waals surface area contributed by atoms with Crippen molar-refractivity contribution in [2.45, 2.75) is 43.9 Å². The molecule has 1 aromatic carbocycles. The molecule has 0 aliphatic carbocycles. The number of carbonyl (C=O) groups is 1. The maximum atomic E-state index is 13.3. The first-order valence-corrected chi connectivity index (χ1v) is 12.3. The average molecular weight is 493 g/mol. The first kappa shape index (κ1) is 23.3. The number of benzene rings is 1. The van der Waals surface area contributed by atoms with E-state index in [0.717, 1.165) is 24.3 Å². The molecule has 0 bridgehead atoms. The summed E-state index contributed by atoms with van der Waals surface area (Å²) in [5.74, 6) is 1.74. The average Bonchev–Trinajstić information content (AvgIpc) is 3.16. The number of carbonyl (C=O) groups excluding carboxylic acids is 1. The molecule has 0 aromatic heterocycles. The van der Waals surface area contributed by atoms with Crippen molar-refractivity contribution < 1.29 is 19.6 Å². The van der Waals surface area contributed by atoms with Gasteiger partial charge >= 0.3 is 0 Å². The maximum absolute atomic E-state index is 13.3. The topological polar surface area (TPSA) is 92.9 Å². The van der Waals surface area contributed by atoms with Crippen LogP contribution < -0.4 is 4.74 Å². The number of aliphatic hydroxyl groups is 1. The number of ether oxygens (including phenoxy) is 1. The fraction of sp³-hybridized carbons (Fsp3) is 0.611. The Kier molecular flexibility index (Phi) is 9.39. The lowest BCUT2D eigenvalue weighted by atomic mass is 10.1. The van der Waals surface area contributed by atoms with Gasteiger partial charge in [0.15, 0.2) is 0 Å². The summed E-state index contributed by atoms with van der Waals surface area (Å²) in [5, 5.41) is 21.2. The van der Waals surface area contributed by atoms with E-state index in [9.17, 15) is 20.0 Å². The van der Waals surface area contributed by atoms with Crippen molar-refractivity contribution in [1.29, 1.82) is 0 Å². The van der Waals surface area contributed by atoms with Crippen LogP contribution in [0.25, 0.3) is 0 Å². The number of rotatable bonds is 10. The van der Waals surface area contributed by atoms with E-state index in [1.165, 1.54) is 12.1 Å². The predicted octanol–water partition coefficient (Wildman–Crippen LogP) is 4.26. The second-order valence-corrected chi connectivity index (χ2v) is 9.73. The number of aliphatic hydroxyl groups excluding tert-OH is 1. The Bertz CT molecular complexity index is 701. The van der Waals surface area contributed by atoms with Gasteiger partial charge in [0.05, 0.1) is 28.2 Å². The molecule has 0 saturated carbocycles. The first-order chi connectivity index (χ1) is 13.5. The lowest BCUT2D eigenvalue weighted by Gasteiger charge is -2.31. The molecule has 2 rings (SSSR count). The first-order valence-electron chi connectivity index (χ1n) is 9.13. The summed E-state index contributed by atoms with van der Waals surface area (Å²) in [6.07, 6.45) is 1.77. The number of nitrogens with zero attached hydrogens (tertiary/aromatic N) is 2. The number of amides is 1. The van der Waals surface area contributed by atoms with Crippen LogP contribution in [-0.2, 0) is 6.61 Å². The number of nitro benzene ring substituents is 1. The highest BCUT2D eigenvalue weighted by Crippen LogP contribution is 2.37. The molecule has 7 nitrogen and oxygen atoms in total. The van der Waals surface area contributed by atoms with Crippen LogP contribution in [-0.4, -0.2) is 55.0 Å². The van der Waals surface area contributed by atoms with Crippen LogP contribution >= 0.6 is 39.5 Å². The normalized spacial score (nSPS) is 16.6. The van der Waals surface area contributed by atoms with Gasteiger partial charge in [-0.25, -0.2) is 0 Å². The highest BCUT2D eigenvalue weighted by molar-refractivity contribution is 9.09. The molecule has 156 valence electrons. The van der Waals surface area contributed by atoms with E-state index >= 15 is 0 Å². The minimum atomic E-state index is -0.570. The zero-order valence-electron chi connectivity index (χ0n) is 15.9. The lowest BCUT2D eigenvalue weighted by Crippen LogP contribution is -2.41. The Morgan fingerprint density at radius 3 is 2.64 bits per heavy atom. The quantitative estimate of drug-likeness (QED) is 0.225. The van der Waals surface area contributed by atoms with Crippen LogP contribution in [0.1, 0.15) is 42.6 Å². The van der Waals surface area contributed by atoms with Gasteiger partial charge in [0, 0.05) is 12.1 Å². The molecule has 1 aliphatic rings. The Morgan fingerprint density at radius 2 is 2.11 bits per heavy atom. The van der Waals surface area contributed by atoms with Crippen molar-refractivity contribution in [2.75, 3.05) is 23.6 Å². The van der Waals surface area contributed by atoms with Crippen LogP contribution in [0.2, 0.25) is 0 Å². The zero-order chi connectivity index (χ0) is 20.7. The van der Waals surface area contributed by atoms with Crippen LogP contribution in [0.15, 0.2) is 12.1 Å². The van der Waals surface area contributed by atoms with Gasteiger partial charge in [-0.3, -0.25) is 14.9 Å². The fourth-order valence-corrected chi connectivity index (χ4v) is 6.45. The van der Waals surface area contributed by atoms with Gasteiger partial charge in [-0.2, -0.15) is 0 Å². The van der Waals surface area contributed by atoms with Crippen molar-refractivity contribution in [3.63, 3.8) is 0 Å². The Morgan fingerprint density at radius 1 is 1.43 bits per heavy atom. The molecule has 1 amide bonds. The highest BCUT2D eigenvalue weighted by Gasteiger charge is 2.37. The van der Waals surface area contributed by atoms with Gasteiger partial charge in [-0.05, 0) is 46.3 Å². The molecule has 1 heterocycles. The largest absolute Gasteiger partial charge is 0.482 e. The van der Waals surface area contributed by atoms with Crippen LogP contribution in [0.4, 0.5) is 5.69 Å². The third-order valence-electron chi connectivity index (χ3n) is 4.52. The molecular formula is C18H25BrN2O5S2. The summed E-state index contributed by atoms with van der Waals surface area (Å²) in [6.45, 7) is 4.40. The third-order valence-corrected chi connectivity index (χ3v) is 7.52. The van der Waals surface area contributed by atoms with E-state index in [1.54, 1.807) is 4.90 Å². The SMILES string of the molecule is CCSC(SCC)[C@@H]1CCCN1C(=O)c1cc(CO)c(OCBr)cc1[N+](=O)[O-]. The van der Waals surface area contributed by atoms with Crippen molar-refractivity contribution >= 4 is 51.0 Å². The summed E-state index contributed by atoms with van der Waals surface area (Å²) in [6, 6.07) is 2.66. The Labute approximate surface area is 181 Å². The van der Waals surface area contributed by atoms with E-state index in [0.29, 0.717) is 12.1 Å². The van der Waals surface area contributed by atoms with E-state index in [4.69, 9.17) is 4.74 Å². The summed E-state index contributed by atoms with van der Waals surface area (Å²) >= 11 is 6.74. The standard InChI is InChI=1S/C18H25BrN2O5S2/c1-3-27-18(28-4-2)14-6-5-7-20(14)17(23)13-8-12(10-22)16(26-11-19)9-15(13)21(24)25/h8-9,14,18,22H,3-7,10-11H2,1-2H3/t14-/m0/s1. The molecule has 0 spiro atoms. The van der Waals surface area contributed by atoms with Gasteiger partial charge in [0.25, 0.3) is 11.6 Å². The maximum Gasteiger partial charge on any atom is 0.285 e. The monoisotopic (exact) mass is 492 g/mol. The molecule has 1 aliphatic heterocycles. The molecule has 1 N–H and O–H groups in total. The van der Waals surface area contributed by atoms with Gasteiger partial charge in [-0.15, -0.1) is 23.5 Å². The smallest absolute Gasteiger partial charge is 0.285 e. The molecule has 1 aromatic rings. The predicted molar refractivity (Wildman–Crippen MR) is 118 cm³/mol. The van der Waals surface area contributed by atoms with E-state index < -0.39 is 4.92 Å². The van der Waals surface area contributed by atoms with Gasteiger partial charge in [-0.1, -0.05) is 13.8 Å².